The topological polar surface area (TPSA) is 95.5 Å². The van der Waals surface area contributed by atoms with Gasteiger partial charge >= 0.3 is 0 Å². The lowest BCUT2D eigenvalue weighted by molar-refractivity contribution is 0.00355. The van der Waals surface area contributed by atoms with Crippen LogP contribution >= 0.6 is 0 Å². The van der Waals surface area contributed by atoms with E-state index in [1.807, 2.05) is 0 Å². The van der Waals surface area contributed by atoms with E-state index in [-0.39, 0.29) is 5.84 Å². The fourth-order valence-electron chi connectivity index (χ4n) is 1.09. The van der Waals surface area contributed by atoms with Gasteiger partial charge in [-0.15, -0.1) is 0 Å². The molecule has 0 atom stereocenters. The number of methoxy groups -OCH3 is 1. The standard InChI is InChI=1S/C11H24N2O5/c1-15-5-6-17-9-10-18-8-7-16-4-2-3-11(12)13-14/h14H,2-10H2,1H3,(H2,12,13). The summed E-state index contributed by atoms with van der Waals surface area (Å²) in [5.41, 5.74) is 5.30. The highest BCUT2D eigenvalue weighted by Crippen LogP contribution is 1.90. The highest BCUT2D eigenvalue weighted by molar-refractivity contribution is 5.79. The van der Waals surface area contributed by atoms with Gasteiger partial charge in [-0.3, -0.25) is 0 Å². The van der Waals surface area contributed by atoms with Gasteiger partial charge < -0.3 is 29.9 Å². The second-order valence-corrected chi connectivity index (χ2v) is 3.52. The molecule has 0 fully saturated rings. The summed E-state index contributed by atoms with van der Waals surface area (Å²) in [7, 11) is 1.64. The molecule has 0 bridgehead atoms. The minimum atomic E-state index is 0.225. The van der Waals surface area contributed by atoms with Gasteiger partial charge in [0.15, 0.2) is 0 Å². The first kappa shape index (κ1) is 17.1. The van der Waals surface area contributed by atoms with Gasteiger partial charge in [-0.05, 0) is 6.42 Å². The lowest BCUT2D eigenvalue weighted by atomic mass is 10.3. The maximum atomic E-state index is 8.29. The molecule has 0 saturated heterocycles. The van der Waals surface area contributed by atoms with Crippen molar-refractivity contribution in [1.29, 1.82) is 0 Å². The Hall–Kier alpha value is -0.890. The van der Waals surface area contributed by atoms with Crippen molar-refractivity contribution in [2.45, 2.75) is 12.8 Å². The Balaban J connectivity index is 2.99. The zero-order valence-corrected chi connectivity index (χ0v) is 11.0. The molecule has 0 rings (SSSR count). The number of ether oxygens (including phenoxy) is 4. The Kier molecular flexibility index (Phi) is 13.5. The molecule has 3 N–H and O–H groups in total. The minimum absolute atomic E-state index is 0.225. The van der Waals surface area contributed by atoms with E-state index < -0.39 is 0 Å². The van der Waals surface area contributed by atoms with E-state index in [1.54, 1.807) is 7.11 Å². The Morgan fingerprint density at radius 3 is 1.94 bits per heavy atom. The number of nitrogens with two attached hydrogens (primary N) is 1. The molecule has 0 aromatic rings. The van der Waals surface area contributed by atoms with Gasteiger partial charge in [0.25, 0.3) is 0 Å². The van der Waals surface area contributed by atoms with Gasteiger partial charge in [0.05, 0.1) is 39.6 Å². The number of oxime groups is 1. The fraction of sp³-hybridized carbons (Fsp3) is 0.909. The molecule has 0 spiro atoms. The summed E-state index contributed by atoms with van der Waals surface area (Å²) < 4.78 is 20.6. The van der Waals surface area contributed by atoms with Crippen LogP contribution in [0.1, 0.15) is 12.8 Å². The first-order valence-corrected chi connectivity index (χ1v) is 5.99. The van der Waals surface area contributed by atoms with E-state index in [4.69, 9.17) is 29.9 Å². The monoisotopic (exact) mass is 264 g/mol. The van der Waals surface area contributed by atoms with Gasteiger partial charge in [-0.25, -0.2) is 0 Å². The first-order chi connectivity index (χ1) is 8.81. The van der Waals surface area contributed by atoms with E-state index >= 15 is 0 Å². The van der Waals surface area contributed by atoms with Crippen molar-refractivity contribution in [3.63, 3.8) is 0 Å². The summed E-state index contributed by atoms with van der Waals surface area (Å²) in [6.07, 6.45) is 1.26. The molecule has 7 heteroatoms. The third-order valence-electron chi connectivity index (χ3n) is 2.03. The van der Waals surface area contributed by atoms with Crippen molar-refractivity contribution in [1.82, 2.24) is 0 Å². The molecular formula is C11H24N2O5. The fourth-order valence-corrected chi connectivity index (χ4v) is 1.09. The number of hydrogen-bond acceptors (Lipinski definition) is 6. The molecule has 0 heterocycles. The molecule has 0 saturated carbocycles. The molecule has 0 amide bonds. The van der Waals surface area contributed by atoms with Crippen LogP contribution in [0.2, 0.25) is 0 Å². The lowest BCUT2D eigenvalue weighted by Crippen LogP contribution is -2.14. The molecule has 0 aliphatic heterocycles. The van der Waals surface area contributed by atoms with E-state index in [0.717, 1.165) is 6.42 Å². The van der Waals surface area contributed by atoms with Crippen LogP contribution in [0.4, 0.5) is 0 Å². The van der Waals surface area contributed by atoms with E-state index in [9.17, 15) is 0 Å². The zero-order valence-electron chi connectivity index (χ0n) is 11.0. The summed E-state index contributed by atoms with van der Waals surface area (Å²) in [6.45, 7) is 3.95. The van der Waals surface area contributed by atoms with Crippen LogP contribution in [-0.4, -0.2) is 64.4 Å². The molecule has 0 aromatic heterocycles. The molecule has 0 aromatic carbocycles. The normalized spacial score (nSPS) is 11.9. The van der Waals surface area contributed by atoms with Gasteiger partial charge in [0.1, 0.15) is 5.84 Å². The van der Waals surface area contributed by atoms with Crippen LogP contribution in [0.25, 0.3) is 0 Å². The largest absolute Gasteiger partial charge is 0.409 e. The summed E-state index contributed by atoms with van der Waals surface area (Å²) in [6, 6.07) is 0. The van der Waals surface area contributed by atoms with E-state index in [0.29, 0.717) is 52.7 Å². The number of hydrogen-bond donors (Lipinski definition) is 2. The second kappa shape index (κ2) is 14.2. The molecular weight excluding hydrogens is 240 g/mol. The molecule has 0 aliphatic rings. The van der Waals surface area contributed by atoms with Gasteiger partial charge in [-0.1, -0.05) is 5.16 Å². The predicted octanol–water partition coefficient (Wildman–Crippen LogP) is 0.209. The summed E-state index contributed by atoms with van der Waals surface area (Å²) in [5, 5.41) is 11.2. The quantitative estimate of drug-likeness (QED) is 0.162. The summed E-state index contributed by atoms with van der Waals surface area (Å²) >= 11 is 0. The maximum Gasteiger partial charge on any atom is 0.139 e. The van der Waals surface area contributed by atoms with Crippen molar-refractivity contribution in [2.75, 3.05) is 53.4 Å². The van der Waals surface area contributed by atoms with Crippen molar-refractivity contribution in [3.8, 4) is 0 Å². The zero-order chi connectivity index (χ0) is 13.5. The number of rotatable bonds is 13. The van der Waals surface area contributed by atoms with Crippen LogP contribution in [0, 0.1) is 0 Å². The third-order valence-corrected chi connectivity index (χ3v) is 2.03. The second-order valence-electron chi connectivity index (χ2n) is 3.52. The molecule has 7 nitrogen and oxygen atoms in total. The Labute approximate surface area is 108 Å². The van der Waals surface area contributed by atoms with Crippen LogP contribution in [0.5, 0.6) is 0 Å². The van der Waals surface area contributed by atoms with Crippen LogP contribution < -0.4 is 5.73 Å². The predicted molar refractivity (Wildman–Crippen MR) is 67.0 cm³/mol. The highest BCUT2D eigenvalue weighted by atomic mass is 16.6. The molecule has 18 heavy (non-hydrogen) atoms. The van der Waals surface area contributed by atoms with Crippen molar-refractivity contribution >= 4 is 5.84 Å². The van der Waals surface area contributed by atoms with Crippen LogP contribution in [0.3, 0.4) is 0 Å². The van der Waals surface area contributed by atoms with Gasteiger partial charge in [-0.2, -0.15) is 0 Å². The SMILES string of the molecule is COCCOCCOCCOCCCC(N)=NO. The van der Waals surface area contributed by atoms with Crippen LogP contribution in [0.15, 0.2) is 5.16 Å². The van der Waals surface area contributed by atoms with Gasteiger partial charge in [0, 0.05) is 20.1 Å². The molecule has 0 radical (unpaired) electrons. The van der Waals surface area contributed by atoms with Crippen LogP contribution in [-0.2, 0) is 18.9 Å². The average molecular weight is 264 g/mol. The number of nitrogens with zero attached hydrogens (tertiary/aromatic N) is 1. The Morgan fingerprint density at radius 1 is 0.944 bits per heavy atom. The summed E-state index contributed by atoms with van der Waals surface area (Å²) in [4.78, 5) is 0. The molecule has 0 unspecified atom stereocenters. The summed E-state index contributed by atoms with van der Waals surface area (Å²) in [5.74, 6) is 0.225. The minimum Gasteiger partial charge on any atom is -0.409 e. The highest BCUT2D eigenvalue weighted by Gasteiger charge is 1.94. The van der Waals surface area contributed by atoms with Gasteiger partial charge in [0.2, 0.25) is 0 Å². The molecule has 0 aliphatic carbocycles. The first-order valence-electron chi connectivity index (χ1n) is 5.99. The Bertz CT molecular complexity index is 202. The van der Waals surface area contributed by atoms with Crippen molar-refractivity contribution in [2.24, 2.45) is 10.9 Å². The van der Waals surface area contributed by atoms with Crippen molar-refractivity contribution in [3.05, 3.63) is 0 Å². The van der Waals surface area contributed by atoms with E-state index in [2.05, 4.69) is 5.16 Å². The Morgan fingerprint density at radius 2 is 1.44 bits per heavy atom. The third kappa shape index (κ3) is 13.2. The lowest BCUT2D eigenvalue weighted by Gasteiger charge is -2.06. The average Bonchev–Trinajstić information content (AvgIpc) is 2.39. The number of amidine groups is 1. The smallest absolute Gasteiger partial charge is 0.139 e. The maximum absolute atomic E-state index is 8.29. The van der Waals surface area contributed by atoms with E-state index in [1.165, 1.54) is 0 Å². The van der Waals surface area contributed by atoms with Crippen molar-refractivity contribution < 1.29 is 24.2 Å². The molecule has 108 valence electrons.